The average molecular weight is 534 g/mol. The molecule has 0 saturated carbocycles. The van der Waals surface area contributed by atoms with E-state index in [1.807, 2.05) is 57.4 Å². The number of rotatable bonds is 5. The Kier molecular flexibility index (Phi) is 9.25. The Morgan fingerprint density at radius 1 is 0.778 bits per heavy atom. The van der Waals surface area contributed by atoms with E-state index in [1.165, 1.54) is 12.1 Å². The number of nitrogens with two attached hydrogens (primary N) is 1. The average Bonchev–Trinajstić information content (AvgIpc) is 3.25. The summed E-state index contributed by atoms with van der Waals surface area (Å²) in [5.41, 5.74) is 8.30. The number of alkyl halides is 3. The van der Waals surface area contributed by atoms with E-state index in [4.69, 9.17) is 28.9 Å². The number of halogens is 5. The third-order valence-electron chi connectivity index (χ3n) is 5.45. The summed E-state index contributed by atoms with van der Waals surface area (Å²) in [7, 11) is 4.01. The molecule has 8 heteroatoms. The van der Waals surface area contributed by atoms with Crippen molar-refractivity contribution < 1.29 is 13.2 Å². The Balaban J connectivity index is 0.000000538. The molecule has 0 unspecified atom stereocenters. The maximum atomic E-state index is 13.9. The van der Waals surface area contributed by atoms with Crippen LogP contribution in [0.25, 0.3) is 28.2 Å². The summed E-state index contributed by atoms with van der Waals surface area (Å²) in [5.74, 6) is 0. The van der Waals surface area contributed by atoms with Gasteiger partial charge < -0.3 is 15.2 Å². The monoisotopic (exact) mass is 533 g/mol. The molecule has 0 aliphatic rings. The fraction of sp³-hybridized carbons (Fsp3) is 0.214. The van der Waals surface area contributed by atoms with Crippen LogP contribution in [0.2, 0.25) is 10.0 Å². The molecule has 0 aliphatic heterocycles. The molecule has 3 aromatic carbocycles. The fourth-order valence-corrected chi connectivity index (χ4v) is 3.98. The first-order chi connectivity index (χ1) is 17.0. The van der Waals surface area contributed by atoms with Crippen LogP contribution in [0.4, 0.5) is 13.2 Å². The zero-order chi connectivity index (χ0) is 26.5. The van der Waals surface area contributed by atoms with E-state index in [0.29, 0.717) is 16.4 Å². The Morgan fingerprint density at radius 3 is 1.72 bits per heavy atom. The van der Waals surface area contributed by atoms with Crippen LogP contribution < -0.4 is 5.73 Å². The van der Waals surface area contributed by atoms with E-state index in [0.717, 1.165) is 35.8 Å². The second kappa shape index (κ2) is 12.0. The summed E-state index contributed by atoms with van der Waals surface area (Å²) in [6, 6.07) is 22.1. The van der Waals surface area contributed by atoms with Crippen molar-refractivity contribution in [2.75, 3.05) is 27.2 Å². The van der Waals surface area contributed by atoms with Crippen LogP contribution in [0.1, 0.15) is 11.1 Å². The van der Waals surface area contributed by atoms with Gasteiger partial charge >= 0.3 is 6.18 Å². The topological polar surface area (TPSA) is 34.2 Å². The standard InChI is InChI=1S/C24H16Cl2F3N.C4H12N2/c1-15-2-4-16(5-3-15)21-12-13-22(17-6-8-18(25)9-7-17)30(21)23-11-10-19(26)14-20(23)24(27,28)29;1-6(2)4-3-5/h2-14H,1H3;3-5H2,1-2H3. The SMILES string of the molecule is CN(C)CCN.Cc1ccc(-c2ccc(-c3ccc(Cl)cc3)n2-c2ccc(Cl)cc2C(F)(F)F)cc1. The Hall–Kier alpha value is -2.77. The predicted molar refractivity (Wildman–Crippen MR) is 144 cm³/mol. The lowest BCUT2D eigenvalue weighted by molar-refractivity contribution is -0.137. The number of aryl methyl sites for hydroxylation is 1. The van der Waals surface area contributed by atoms with E-state index in [2.05, 4.69) is 4.90 Å². The molecular formula is C28H28Cl2F3N3. The molecule has 0 amide bonds. The van der Waals surface area contributed by atoms with Gasteiger partial charge in [0.15, 0.2) is 0 Å². The van der Waals surface area contributed by atoms with Crippen LogP contribution in [0.15, 0.2) is 78.9 Å². The van der Waals surface area contributed by atoms with Crippen LogP contribution in [-0.4, -0.2) is 36.7 Å². The number of hydrogen-bond acceptors (Lipinski definition) is 2. The van der Waals surface area contributed by atoms with Crippen LogP contribution in [-0.2, 0) is 6.18 Å². The second-order valence-electron chi connectivity index (χ2n) is 8.56. The quantitative estimate of drug-likeness (QED) is 0.282. The molecule has 3 nitrogen and oxygen atoms in total. The van der Waals surface area contributed by atoms with E-state index < -0.39 is 11.7 Å². The summed E-state index contributed by atoms with van der Waals surface area (Å²) < 4.78 is 43.3. The van der Waals surface area contributed by atoms with E-state index in [-0.39, 0.29) is 10.7 Å². The van der Waals surface area contributed by atoms with Gasteiger partial charge in [0.25, 0.3) is 0 Å². The zero-order valence-electron chi connectivity index (χ0n) is 20.3. The molecule has 0 bridgehead atoms. The molecule has 0 saturated heterocycles. The largest absolute Gasteiger partial charge is 0.418 e. The van der Waals surface area contributed by atoms with Gasteiger partial charge in [-0.25, -0.2) is 0 Å². The zero-order valence-corrected chi connectivity index (χ0v) is 21.8. The van der Waals surface area contributed by atoms with Gasteiger partial charge in [-0.1, -0.05) is 65.2 Å². The molecule has 36 heavy (non-hydrogen) atoms. The highest BCUT2D eigenvalue weighted by atomic mass is 35.5. The molecule has 0 atom stereocenters. The Labute approximate surface area is 219 Å². The molecule has 0 radical (unpaired) electrons. The number of benzene rings is 3. The minimum absolute atomic E-state index is 0.0115. The highest BCUT2D eigenvalue weighted by Crippen LogP contribution is 2.40. The molecule has 4 aromatic rings. The van der Waals surface area contributed by atoms with E-state index in [1.54, 1.807) is 28.8 Å². The molecule has 0 aliphatic carbocycles. The number of nitrogens with zero attached hydrogens (tertiary/aromatic N) is 2. The van der Waals surface area contributed by atoms with Crippen molar-refractivity contribution in [2.24, 2.45) is 5.73 Å². The van der Waals surface area contributed by atoms with E-state index in [9.17, 15) is 13.2 Å². The van der Waals surface area contributed by atoms with Crippen LogP contribution in [0.5, 0.6) is 0 Å². The highest BCUT2D eigenvalue weighted by Gasteiger charge is 2.35. The normalized spacial score (nSPS) is 11.4. The van der Waals surface area contributed by atoms with Crippen LogP contribution in [0, 0.1) is 6.92 Å². The van der Waals surface area contributed by atoms with Crippen molar-refractivity contribution >= 4 is 23.2 Å². The van der Waals surface area contributed by atoms with Crippen molar-refractivity contribution in [3.63, 3.8) is 0 Å². The first kappa shape index (κ1) is 27.8. The summed E-state index contributed by atoms with van der Waals surface area (Å²) in [6.07, 6.45) is -4.56. The summed E-state index contributed by atoms with van der Waals surface area (Å²) in [5, 5.41) is 0.584. The van der Waals surface area contributed by atoms with Gasteiger partial charge in [-0.2, -0.15) is 13.2 Å². The van der Waals surface area contributed by atoms with E-state index >= 15 is 0 Å². The van der Waals surface area contributed by atoms with Crippen molar-refractivity contribution in [2.45, 2.75) is 13.1 Å². The van der Waals surface area contributed by atoms with Crippen molar-refractivity contribution in [1.29, 1.82) is 0 Å². The molecule has 0 fully saturated rings. The minimum Gasteiger partial charge on any atom is -0.329 e. The van der Waals surface area contributed by atoms with Gasteiger partial charge in [-0.05, 0) is 74.6 Å². The molecule has 190 valence electrons. The third-order valence-corrected chi connectivity index (χ3v) is 5.94. The second-order valence-corrected chi connectivity index (χ2v) is 9.44. The van der Waals surface area contributed by atoms with Crippen molar-refractivity contribution in [3.8, 4) is 28.2 Å². The Bertz CT molecular complexity index is 1220. The molecule has 1 aromatic heterocycles. The van der Waals surface area contributed by atoms with Crippen molar-refractivity contribution in [1.82, 2.24) is 9.47 Å². The lowest BCUT2D eigenvalue weighted by atomic mass is 10.1. The lowest BCUT2D eigenvalue weighted by Crippen LogP contribution is -2.20. The predicted octanol–water partition coefficient (Wildman–Crippen LogP) is 7.95. The van der Waals surface area contributed by atoms with Gasteiger partial charge in [0.2, 0.25) is 0 Å². The molecular weight excluding hydrogens is 506 g/mol. The maximum Gasteiger partial charge on any atom is 0.418 e. The van der Waals surface area contributed by atoms with Gasteiger partial charge in [0, 0.05) is 23.1 Å². The van der Waals surface area contributed by atoms with Crippen LogP contribution in [0.3, 0.4) is 0 Å². The number of hydrogen-bond donors (Lipinski definition) is 1. The molecule has 0 spiro atoms. The highest BCUT2D eigenvalue weighted by molar-refractivity contribution is 6.31. The number of aromatic nitrogens is 1. The molecule has 4 rings (SSSR count). The summed E-state index contributed by atoms with van der Waals surface area (Å²) in [6.45, 7) is 3.70. The summed E-state index contributed by atoms with van der Waals surface area (Å²) in [4.78, 5) is 2.06. The maximum absolute atomic E-state index is 13.9. The van der Waals surface area contributed by atoms with Crippen LogP contribution >= 0.6 is 23.2 Å². The first-order valence-electron chi connectivity index (χ1n) is 11.3. The van der Waals surface area contributed by atoms with Gasteiger partial charge in [-0.15, -0.1) is 0 Å². The van der Waals surface area contributed by atoms with Gasteiger partial charge in [-0.3, -0.25) is 0 Å². The smallest absolute Gasteiger partial charge is 0.329 e. The number of likely N-dealkylation sites (N-methyl/N-ethyl adjacent to an activating group) is 1. The summed E-state index contributed by atoms with van der Waals surface area (Å²) >= 11 is 11.9. The first-order valence-corrected chi connectivity index (χ1v) is 12.0. The molecule has 2 N–H and O–H groups in total. The third kappa shape index (κ3) is 6.92. The fourth-order valence-electron chi connectivity index (χ4n) is 3.68. The lowest BCUT2D eigenvalue weighted by Gasteiger charge is -2.20. The van der Waals surface area contributed by atoms with Gasteiger partial charge in [0.1, 0.15) is 0 Å². The van der Waals surface area contributed by atoms with Crippen molar-refractivity contribution in [3.05, 3.63) is 100 Å². The Morgan fingerprint density at radius 2 is 1.28 bits per heavy atom. The minimum atomic E-state index is -4.56. The van der Waals surface area contributed by atoms with Gasteiger partial charge in [0.05, 0.1) is 22.6 Å². The molecule has 1 heterocycles.